The van der Waals surface area contributed by atoms with Crippen molar-refractivity contribution in [2.24, 2.45) is 5.92 Å². The van der Waals surface area contributed by atoms with Crippen LogP contribution in [-0.4, -0.2) is 23.5 Å². The van der Waals surface area contributed by atoms with Gasteiger partial charge in [0.05, 0.1) is 17.8 Å². The lowest BCUT2D eigenvalue weighted by Crippen LogP contribution is -2.16. The number of aromatic nitrogens is 1. The highest BCUT2D eigenvalue weighted by molar-refractivity contribution is 6.31. The molecule has 1 amide bonds. The van der Waals surface area contributed by atoms with Gasteiger partial charge in [-0.3, -0.25) is 14.6 Å². The van der Waals surface area contributed by atoms with E-state index < -0.39 is 0 Å². The monoisotopic (exact) mass is 348 g/mol. The molecule has 0 aliphatic heterocycles. The van der Waals surface area contributed by atoms with Crippen molar-refractivity contribution in [1.82, 2.24) is 4.98 Å². The lowest BCUT2D eigenvalue weighted by molar-refractivity contribution is -0.141. The van der Waals surface area contributed by atoms with E-state index in [1.807, 2.05) is 13.0 Å². The van der Waals surface area contributed by atoms with Crippen molar-refractivity contribution in [2.45, 2.75) is 33.1 Å². The predicted octanol–water partition coefficient (Wildman–Crippen LogP) is 4.20. The average Bonchev–Trinajstić information content (AvgIpc) is 2.51. The number of fused-ring (bicyclic) bond motifs is 1. The molecule has 1 heterocycles. The maximum atomic E-state index is 12.2. The molecular formula is C18H21ClN2O3. The normalized spacial score (nSPS) is 12.0. The molecule has 128 valence electrons. The summed E-state index contributed by atoms with van der Waals surface area (Å²) in [5, 5.41) is 4.41. The summed E-state index contributed by atoms with van der Waals surface area (Å²) in [6.07, 6.45) is 3.65. The second kappa shape index (κ2) is 8.64. The van der Waals surface area contributed by atoms with E-state index in [1.165, 1.54) is 6.92 Å². The molecule has 0 saturated heterocycles. The number of anilines is 1. The van der Waals surface area contributed by atoms with Crippen LogP contribution in [0.3, 0.4) is 0 Å². The maximum absolute atomic E-state index is 12.2. The largest absolute Gasteiger partial charge is 0.466 e. The highest BCUT2D eigenvalue weighted by Crippen LogP contribution is 2.24. The van der Waals surface area contributed by atoms with Gasteiger partial charge in [0, 0.05) is 30.0 Å². The molecule has 1 atom stereocenters. The van der Waals surface area contributed by atoms with Gasteiger partial charge >= 0.3 is 5.97 Å². The molecule has 0 saturated carbocycles. The molecule has 2 rings (SSSR count). The van der Waals surface area contributed by atoms with Gasteiger partial charge in [-0.2, -0.15) is 0 Å². The molecule has 24 heavy (non-hydrogen) atoms. The zero-order valence-corrected chi connectivity index (χ0v) is 14.6. The molecule has 1 unspecified atom stereocenters. The molecule has 5 nitrogen and oxygen atoms in total. The Morgan fingerprint density at radius 2 is 2.12 bits per heavy atom. The second-order valence-corrected chi connectivity index (χ2v) is 6.30. The number of nitrogens with zero attached hydrogens (tertiary/aromatic N) is 1. The Bertz CT molecular complexity index is 733. The van der Waals surface area contributed by atoms with Crippen molar-refractivity contribution >= 4 is 40.1 Å². The van der Waals surface area contributed by atoms with Gasteiger partial charge in [-0.05, 0) is 43.0 Å². The summed E-state index contributed by atoms with van der Waals surface area (Å²) in [7, 11) is 0. The summed E-state index contributed by atoms with van der Waals surface area (Å²) >= 11 is 5.97. The minimum atomic E-state index is -0.273. The zero-order chi connectivity index (χ0) is 17.5. The number of nitrogens with one attached hydrogen (secondary N) is 1. The van der Waals surface area contributed by atoms with E-state index in [9.17, 15) is 9.59 Å². The van der Waals surface area contributed by atoms with E-state index in [1.54, 1.807) is 24.4 Å². The number of benzene rings is 1. The van der Waals surface area contributed by atoms with Crippen LogP contribution in [0.2, 0.25) is 5.02 Å². The molecule has 0 aliphatic rings. The average molecular weight is 349 g/mol. The summed E-state index contributed by atoms with van der Waals surface area (Å²) < 4.78 is 4.89. The first kappa shape index (κ1) is 18.2. The quantitative estimate of drug-likeness (QED) is 0.601. The molecule has 2 aromatic rings. The number of halogens is 1. The van der Waals surface area contributed by atoms with Gasteiger partial charge in [0.2, 0.25) is 5.91 Å². The summed E-state index contributed by atoms with van der Waals surface area (Å²) in [5.74, 6) is -0.106. The first-order valence-corrected chi connectivity index (χ1v) is 8.31. The zero-order valence-electron chi connectivity index (χ0n) is 13.8. The Hall–Kier alpha value is -2.14. The standard InChI is InChI=1S/C18H21ClN2O3/c1-12(4-3-9-24-13(2)22)10-18(23)21-16-7-8-20-17-11-14(19)5-6-15(16)17/h5-8,11-12H,3-4,9-10H2,1-2H3,(H,20,21,23). The Balaban J connectivity index is 1.89. The van der Waals surface area contributed by atoms with Crippen molar-refractivity contribution in [3.63, 3.8) is 0 Å². The number of ether oxygens (including phenoxy) is 1. The third-order valence-electron chi connectivity index (χ3n) is 3.66. The molecule has 1 N–H and O–H groups in total. The van der Waals surface area contributed by atoms with Crippen LogP contribution in [-0.2, 0) is 14.3 Å². The van der Waals surface area contributed by atoms with Gasteiger partial charge in [-0.25, -0.2) is 0 Å². The molecule has 1 aromatic heterocycles. The van der Waals surface area contributed by atoms with Gasteiger partial charge in [0.1, 0.15) is 0 Å². The topological polar surface area (TPSA) is 68.3 Å². The number of hydrogen-bond donors (Lipinski definition) is 1. The minimum absolute atomic E-state index is 0.0440. The van der Waals surface area contributed by atoms with Crippen molar-refractivity contribution in [2.75, 3.05) is 11.9 Å². The summed E-state index contributed by atoms with van der Waals surface area (Å²) in [5.41, 5.74) is 1.48. The first-order chi connectivity index (χ1) is 11.5. The van der Waals surface area contributed by atoms with Crippen molar-refractivity contribution in [1.29, 1.82) is 0 Å². The van der Waals surface area contributed by atoms with Crippen LogP contribution in [0.1, 0.15) is 33.1 Å². The summed E-state index contributed by atoms with van der Waals surface area (Å²) in [6, 6.07) is 7.17. The van der Waals surface area contributed by atoms with E-state index in [2.05, 4.69) is 10.3 Å². The maximum Gasteiger partial charge on any atom is 0.302 e. The van der Waals surface area contributed by atoms with Crippen molar-refractivity contribution < 1.29 is 14.3 Å². The number of carbonyl (C=O) groups excluding carboxylic acids is 2. The van der Waals surface area contributed by atoms with Crippen LogP contribution >= 0.6 is 11.6 Å². The van der Waals surface area contributed by atoms with Crippen molar-refractivity contribution in [3.8, 4) is 0 Å². The molecule has 0 spiro atoms. The third kappa shape index (κ3) is 5.49. The van der Waals surface area contributed by atoms with E-state index in [0.29, 0.717) is 18.1 Å². The third-order valence-corrected chi connectivity index (χ3v) is 3.89. The molecule has 6 heteroatoms. The molecular weight excluding hydrogens is 328 g/mol. The SMILES string of the molecule is CC(=O)OCCCC(C)CC(=O)Nc1ccnc2cc(Cl)ccc12. The predicted molar refractivity (Wildman–Crippen MR) is 95.0 cm³/mol. The van der Waals surface area contributed by atoms with Gasteiger partial charge in [-0.1, -0.05) is 18.5 Å². The van der Waals surface area contributed by atoms with Crippen LogP contribution in [0.4, 0.5) is 5.69 Å². The van der Waals surface area contributed by atoms with Gasteiger partial charge in [0.15, 0.2) is 0 Å². The number of hydrogen-bond acceptors (Lipinski definition) is 4. The Kier molecular flexibility index (Phi) is 6.55. The van der Waals surface area contributed by atoms with Crippen LogP contribution < -0.4 is 5.32 Å². The highest BCUT2D eigenvalue weighted by Gasteiger charge is 2.11. The number of esters is 1. The number of carbonyl (C=O) groups is 2. The van der Waals surface area contributed by atoms with Crippen molar-refractivity contribution in [3.05, 3.63) is 35.5 Å². The lowest BCUT2D eigenvalue weighted by Gasteiger charge is -2.13. The van der Waals surface area contributed by atoms with Gasteiger partial charge in [-0.15, -0.1) is 0 Å². The fraction of sp³-hybridized carbons (Fsp3) is 0.389. The number of amides is 1. The van der Waals surface area contributed by atoms with Crippen LogP contribution in [0.15, 0.2) is 30.5 Å². The lowest BCUT2D eigenvalue weighted by atomic mass is 10.0. The Labute approximate surface area is 146 Å². The molecule has 1 aromatic carbocycles. The van der Waals surface area contributed by atoms with Gasteiger partial charge < -0.3 is 10.1 Å². The van der Waals surface area contributed by atoms with Crippen LogP contribution in [0, 0.1) is 5.92 Å². The van der Waals surface area contributed by atoms with Gasteiger partial charge in [0.25, 0.3) is 0 Å². The Morgan fingerprint density at radius 3 is 2.88 bits per heavy atom. The number of pyridine rings is 1. The molecule has 0 fully saturated rings. The van der Waals surface area contributed by atoms with E-state index in [4.69, 9.17) is 16.3 Å². The van der Waals surface area contributed by atoms with E-state index in [-0.39, 0.29) is 17.8 Å². The Morgan fingerprint density at radius 1 is 1.33 bits per heavy atom. The fourth-order valence-electron chi connectivity index (χ4n) is 2.50. The molecule has 0 bridgehead atoms. The van der Waals surface area contributed by atoms with E-state index in [0.717, 1.165) is 29.4 Å². The highest BCUT2D eigenvalue weighted by atomic mass is 35.5. The number of rotatable bonds is 7. The van der Waals surface area contributed by atoms with Crippen LogP contribution in [0.25, 0.3) is 10.9 Å². The second-order valence-electron chi connectivity index (χ2n) is 5.86. The van der Waals surface area contributed by atoms with Crippen LogP contribution in [0.5, 0.6) is 0 Å². The minimum Gasteiger partial charge on any atom is -0.466 e. The smallest absolute Gasteiger partial charge is 0.302 e. The fourth-order valence-corrected chi connectivity index (χ4v) is 2.66. The molecule has 0 aliphatic carbocycles. The summed E-state index contributed by atoms with van der Waals surface area (Å²) in [4.78, 5) is 27.2. The summed E-state index contributed by atoms with van der Waals surface area (Å²) in [6.45, 7) is 3.80. The first-order valence-electron chi connectivity index (χ1n) is 7.93. The van der Waals surface area contributed by atoms with E-state index >= 15 is 0 Å². The molecule has 0 radical (unpaired) electrons.